The van der Waals surface area contributed by atoms with Gasteiger partial charge in [-0.1, -0.05) is 12.1 Å². The predicted octanol–water partition coefficient (Wildman–Crippen LogP) is 2.03. The van der Waals surface area contributed by atoms with Crippen molar-refractivity contribution in [3.8, 4) is 0 Å². The number of piperazine rings is 1. The van der Waals surface area contributed by atoms with E-state index in [1.807, 2.05) is 23.1 Å². The number of para-hydroxylation sites is 1. The molecule has 0 bridgehead atoms. The van der Waals surface area contributed by atoms with E-state index in [4.69, 9.17) is 5.73 Å². The molecule has 3 rings (SSSR count). The van der Waals surface area contributed by atoms with Gasteiger partial charge in [-0.3, -0.25) is 9.69 Å². The highest BCUT2D eigenvalue weighted by Crippen LogP contribution is 2.23. The first-order valence-electron chi connectivity index (χ1n) is 6.63. The third kappa shape index (κ3) is 3.19. The van der Waals surface area contributed by atoms with Crippen molar-refractivity contribution in [1.29, 1.82) is 0 Å². The normalized spacial score (nSPS) is 21.6. The molecule has 20 heavy (non-hydrogen) atoms. The molecule has 1 aromatic carbocycles. The van der Waals surface area contributed by atoms with Crippen LogP contribution in [0.2, 0.25) is 0 Å². The second-order valence-corrected chi connectivity index (χ2v) is 5.17. The fourth-order valence-electron chi connectivity index (χ4n) is 3.04. The molecular weight excluding hydrogens is 297 g/mol. The summed E-state index contributed by atoms with van der Waals surface area (Å²) in [6, 6.07) is 7.90. The number of hydrogen-bond acceptors (Lipinski definition) is 3. The monoisotopic (exact) mass is 317 g/mol. The van der Waals surface area contributed by atoms with Crippen LogP contribution in [0.15, 0.2) is 24.3 Å². The van der Waals surface area contributed by atoms with Gasteiger partial charge < -0.3 is 10.6 Å². The second kappa shape index (κ2) is 7.16. The summed E-state index contributed by atoms with van der Waals surface area (Å²) in [6.07, 6.45) is 2.48. The number of nitrogen functional groups attached to an aromatic ring is 1. The highest BCUT2D eigenvalue weighted by molar-refractivity contribution is 5.99. The van der Waals surface area contributed by atoms with Crippen molar-refractivity contribution in [3.05, 3.63) is 29.8 Å². The largest absolute Gasteiger partial charge is 0.398 e. The topological polar surface area (TPSA) is 49.6 Å². The molecule has 1 aromatic rings. The van der Waals surface area contributed by atoms with E-state index < -0.39 is 0 Å². The van der Waals surface area contributed by atoms with Crippen molar-refractivity contribution < 1.29 is 4.79 Å². The molecule has 6 heteroatoms. The smallest absolute Gasteiger partial charge is 0.256 e. The maximum atomic E-state index is 12.4. The lowest BCUT2D eigenvalue weighted by Crippen LogP contribution is -2.52. The molecule has 1 atom stereocenters. The standard InChI is InChI=1S/C14H19N3O.2ClH/c15-13-6-2-1-5-12(13)14(18)17-9-8-16-7-3-4-11(16)10-17;;/h1-2,5-6,11H,3-4,7-10,15H2;2*1H. The Morgan fingerprint density at radius 2 is 1.90 bits per heavy atom. The molecule has 112 valence electrons. The van der Waals surface area contributed by atoms with Gasteiger partial charge in [0.2, 0.25) is 0 Å². The molecule has 0 aromatic heterocycles. The van der Waals surface area contributed by atoms with Crippen LogP contribution in [0.5, 0.6) is 0 Å². The summed E-state index contributed by atoms with van der Waals surface area (Å²) >= 11 is 0. The Hall–Kier alpha value is -0.970. The van der Waals surface area contributed by atoms with Gasteiger partial charge in [0.05, 0.1) is 5.56 Å². The quantitative estimate of drug-likeness (QED) is 0.806. The lowest BCUT2D eigenvalue weighted by atomic mass is 10.1. The maximum Gasteiger partial charge on any atom is 0.256 e. The van der Waals surface area contributed by atoms with Crippen LogP contribution in [0.25, 0.3) is 0 Å². The van der Waals surface area contributed by atoms with Gasteiger partial charge >= 0.3 is 0 Å². The Bertz CT molecular complexity index is 469. The second-order valence-electron chi connectivity index (χ2n) is 5.17. The van der Waals surface area contributed by atoms with E-state index in [1.165, 1.54) is 19.4 Å². The first-order chi connectivity index (χ1) is 8.75. The fourth-order valence-corrected chi connectivity index (χ4v) is 3.04. The van der Waals surface area contributed by atoms with Crippen molar-refractivity contribution in [3.63, 3.8) is 0 Å². The number of carbonyl (C=O) groups excluding carboxylic acids is 1. The van der Waals surface area contributed by atoms with Crippen molar-refractivity contribution in [2.75, 3.05) is 31.9 Å². The number of amides is 1. The summed E-state index contributed by atoms with van der Waals surface area (Å²) in [6.45, 7) is 3.88. The van der Waals surface area contributed by atoms with Gasteiger partial charge in [0.1, 0.15) is 0 Å². The number of carbonyl (C=O) groups is 1. The zero-order valence-electron chi connectivity index (χ0n) is 11.3. The van der Waals surface area contributed by atoms with Crippen LogP contribution in [-0.4, -0.2) is 47.9 Å². The van der Waals surface area contributed by atoms with E-state index in [2.05, 4.69) is 4.90 Å². The van der Waals surface area contributed by atoms with Crippen LogP contribution < -0.4 is 5.73 Å². The van der Waals surface area contributed by atoms with Crippen molar-refractivity contribution in [2.45, 2.75) is 18.9 Å². The number of fused-ring (bicyclic) bond motifs is 1. The number of anilines is 1. The molecule has 0 saturated carbocycles. The third-order valence-electron chi connectivity index (χ3n) is 4.07. The molecule has 1 amide bonds. The van der Waals surface area contributed by atoms with Gasteiger partial charge in [-0.15, -0.1) is 24.8 Å². The molecule has 0 aliphatic carbocycles. The highest BCUT2D eigenvalue weighted by Gasteiger charge is 2.32. The molecule has 1 unspecified atom stereocenters. The molecule has 0 spiro atoms. The minimum absolute atomic E-state index is 0. The minimum Gasteiger partial charge on any atom is -0.398 e. The van der Waals surface area contributed by atoms with Crippen LogP contribution in [-0.2, 0) is 0 Å². The molecule has 2 fully saturated rings. The number of rotatable bonds is 1. The Morgan fingerprint density at radius 1 is 1.15 bits per heavy atom. The summed E-state index contributed by atoms with van der Waals surface area (Å²) < 4.78 is 0. The number of hydrogen-bond donors (Lipinski definition) is 1. The van der Waals surface area contributed by atoms with Crippen molar-refractivity contribution in [1.82, 2.24) is 9.80 Å². The Kier molecular flexibility index (Phi) is 6.11. The average molecular weight is 318 g/mol. The Labute approximate surface area is 132 Å². The van der Waals surface area contributed by atoms with Gasteiger partial charge in [0.25, 0.3) is 5.91 Å². The molecular formula is C14H21Cl2N3O. The Balaban J connectivity index is 0.000001000. The molecule has 0 radical (unpaired) electrons. The maximum absolute atomic E-state index is 12.4. The van der Waals surface area contributed by atoms with Gasteiger partial charge in [0, 0.05) is 31.4 Å². The average Bonchev–Trinajstić information content (AvgIpc) is 2.85. The van der Waals surface area contributed by atoms with Crippen LogP contribution in [0.4, 0.5) is 5.69 Å². The van der Waals surface area contributed by atoms with Gasteiger partial charge in [-0.2, -0.15) is 0 Å². The first-order valence-corrected chi connectivity index (χ1v) is 6.63. The zero-order chi connectivity index (χ0) is 12.5. The SMILES string of the molecule is Cl.Cl.Nc1ccccc1C(=O)N1CCN2CCCC2C1. The van der Waals surface area contributed by atoms with Crippen molar-refractivity contribution in [2.24, 2.45) is 0 Å². The van der Waals surface area contributed by atoms with E-state index in [1.54, 1.807) is 6.07 Å². The molecule has 2 N–H and O–H groups in total. The molecule has 2 saturated heterocycles. The lowest BCUT2D eigenvalue weighted by molar-refractivity contribution is 0.0572. The molecule has 2 aliphatic rings. The summed E-state index contributed by atoms with van der Waals surface area (Å²) in [7, 11) is 0. The minimum atomic E-state index is 0. The van der Waals surface area contributed by atoms with Crippen molar-refractivity contribution >= 4 is 36.4 Å². The highest BCUT2D eigenvalue weighted by atomic mass is 35.5. The van der Waals surface area contributed by atoms with Gasteiger partial charge in [-0.25, -0.2) is 0 Å². The molecule has 4 nitrogen and oxygen atoms in total. The van der Waals surface area contributed by atoms with Gasteiger partial charge in [0.15, 0.2) is 0 Å². The summed E-state index contributed by atoms with van der Waals surface area (Å²) in [5.74, 6) is 0.0830. The number of benzene rings is 1. The fraction of sp³-hybridized carbons (Fsp3) is 0.500. The van der Waals surface area contributed by atoms with Crippen LogP contribution in [0.1, 0.15) is 23.2 Å². The Morgan fingerprint density at radius 3 is 2.65 bits per heavy atom. The van der Waals surface area contributed by atoms with E-state index in [0.717, 1.165) is 19.6 Å². The molecule has 2 aliphatic heterocycles. The van der Waals surface area contributed by atoms with Gasteiger partial charge in [-0.05, 0) is 31.5 Å². The third-order valence-corrected chi connectivity index (χ3v) is 4.07. The zero-order valence-corrected chi connectivity index (χ0v) is 13.0. The first kappa shape index (κ1) is 17.1. The molecule has 2 heterocycles. The number of nitrogens with two attached hydrogens (primary N) is 1. The van der Waals surface area contributed by atoms with Crippen LogP contribution in [0.3, 0.4) is 0 Å². The summed E-state index contributed by atoms with van der Waals surface area (Å²) in [4.78, 5) is 16.9. The van der Waals surface area contributed by atoms with Crippen LogP contribution in [0, 0.1) is 0 Å². The predicted molar refractivity (Wildman–Crippen MR) is 85.8 cm³/mol. The van der Waals surface area contributed by atoms with E-state index >= 15 is 0 Å². The number of nitrogens with zero attached hydrogens (tertiary/aromatic N) is 2. The van der Waals surface area contributed by atoms with E-state index in [9.17, 15) is 4.79 Å². The van der Waals surface area contributed by atoms with E-state index in [-0.39, 0.29) is 30.7 Å². The lowest BCUT2D eigenvalue weighted by Gasteiger charge is -2.37. The van der Waals surface area contributed by atoms with Crippen LogP contribution >= 0.6 is 24.8 Å². The number of halogens is 2. The summed E-state index contributed by atoms with van der Waals surface area (Å²) in [5, 5.41) is 0. The summed E-state index contributed by atoms with van der Waals surface area (Å²) in [5.41, 5.74) is 7.10. The van der Waals surface area contributed by atoms with E-state index in [0.29, 0.717) is 17.3 Å².